The molecule has 0 saturated heterocycles. The van der Waals surface area contributed by atoms with Gasteiger partial charge in [-0.2, -0.15) is 0 Å². The number of alkyl halides is 1. The summed E-state index contributed by atoms with van der Waals surface area (Å²) in [6.45, 7) is 0.907. The third-order valence-corrected chi connectivity index (χ3v) is 4.78. The molecule has 0 aliphatic heterocycles. The first-order valence-corrected chi connectivity index (χ1v) is 9.17. The molecular formula is C17H14F2N2O3S. The van der Waals surface area contributed by atoms with Crippen LogP contribution in [0.15, 0.2) is 46.1 Å². The predicted molar refractivity (Wildman–Crippen MR) is 87.8 cm³/mol. The zero-order valence-electron chi connectivity index (χ0n) is 13.5. The van der Waals surface area contributed by atoms with Crippen molar-refractivity contribution in [2.75, 3.05) is 6.26 Å². The Morgan fingerprint density at radius 3 is 2.52 bits per heavy atom. The number of pyridine rings is 1. The van der Waals surface area contributed by atoms with Crippen LogP contribution in [0.2, 0.25) is 0 Å². The van der Waals surface area contributed by atoms with Gasteiger partial charge in [0.25, 0.3) is 0 Å². The van der Waals surface area contributed by atoms with Gasteiger partial charge in [0.2, 0.25) is 0 Å². The Balaban J connectivity index is 2.21. The van der Waals surface area contributed by atoms with E-state index in [9.17, 15) is 17.2 Å². The number of aromatic nitrogens is 2. The molecule has 0 unspecified atom stereocenters. The standard InChI is InChI=1S/C17H14F2N2O3S/c1-10-5-12(9-20-8-10)17-16(14(7-18)24-21-17)11-3-4-15(13(19)6-11)25(2,22)23/h3-6,8-9H,7H2,1-2H3. The molecule has 5 nitrogen and oxygen atoms in total. The van der Waals surface area contributed by atoms with Crippen molar-refractivity contribution in [1.82, 2.24) is 10.1 Å². The number of halogens is 2. The summed E-state index contributed by atoms with van der Waals surface area (Å²) in [5.74, 6) is -0.984. The van der Waals surface area contributed by atoms with Crippen LogP contribution in [0.4, 0.5) is 8.78 Å². The molecule has 0 spiro atoms. The molecule has 130 valence electrons. The van der Waals surface area contributed by atoms with Crippen LogP contribution in [0.25, 0.3) is 22.4 Å². The van der Waals surface area contributed by atoms with Crippen LogP contribution in [0.5, 0.6) is 0 Å². The van der Waals surface area contributed by atoms with Gasteiger partial charge in [-0.05, 0) is 36.2 Å². The van der Waals surface area contributed by atoms with Crippen molar-refractivity contribution < 1.29 is 21.7 Å². The minimum absolute atomic E-state index is 0.0667. The zero-order chi connectivity index (χ0) is 18.2. The maximum atomic E-state index is 14.2. The number of sulfone groups is 1. The van der Waals surface area contributed by atoms with Crippen molar-refractivity contribution in [3.63, 3.8) is 0 Å². The summed E-state index contributed by atoms with van der Waals surface area (Å²) in [5, 5.41) is 3.88. The Morgan fingerprint density at radius 2 is 1.92 bits per heavy atom. The molecule has 0 radical (unpaired) electrons. The van der Waals surface area contributed by atoms with Gasteiger partial charge in [-0.1, -0.05) is 11.2 Å². The van der Waals surface area contributed by atoms with Crippen molar-refractivity contribution in [2.45, 2.75) is 18.5 Å². The second-order valence-corrected chi connectivity index (χ2v) is 7.62. The molecule has 2 heterocycles. The summed E-state index contributed by atoms with van der Waals surface area (Å²) in [5.41, 5.74) is 2.32. The van der Waals surface area contributed by atoms with E-state index in [-0.39, 0.29) is 16.9 Å². The van der Waals surface area contributed by atoms with Crippen LogP contribution in [-0.4, -0.2) is 24.8 Å². The van der Waals surface area contributed by atoms with E-state index >= 15 is 0 Å². The summed E-state index contributed by atoms with van der Waals surface area (Å²) < 4.78 is 55.7. The third-order valence-electron chi connectivity index (χ3n) is 3.65. The molecule has 0 aliphatic rings. The monoisotopic (exact) mass is 364 g/mol. The van der Waals surface area contributed by atoms with Crippen molar-refractivity contribution in [1.29, 1.82) is 0 Å². The molecule has 0 bridgehead atoms. The lowest BCUT2D eigenvalue weighted by Gasteiger charge is -2.07. The van der Waals surface area contributed by atoms with Gasteiger partial charge in [0, 0.05) is 24.2 Å². The molecule has 8 heteroatoms. The maximum absolute atomic E-state index is 14.2. The number of hydrogen-bond acceptors (Lipinski definition) is 5. The lowest BCUT2D eigenvalue weighted by atomic mass is 9.99. The van der Waals surface area contributed by atoms with Crippen LogP contribution in [0, 0.1) is 12.7 Å². The topological polar surface area (TPSA) is 73.1 Å². The Bertz CT molecular complexity index is 1050. The van der Waals surface area contributed by atoms with E-state index in [0.29, 0.717) is 11.3 Å². The quantitative estimate of drug-likeness (QED) is 0.705. The van der Waals surface area contributed by atoms with Crippen LogP contribution < -0.4 is 0 Å². The summed E-state index contributed by atoms with van der Waals surface area (Å²) in [4.78, 5) is 3.64. The van der Waals surface area contributed by atoms with Gasteiger partial charge >= 0.3 is 0 Å². The molecule has 0 fully saturated rings. The summed E-state index contributed by atoms with van der Waals surface area (Å²) in [6, 6.07) is 5.37. The van der Waals surface area contributed by atoms with Crippen molar-refractivity contribution >= 4 is 9.84 Å². The van der Waals surface area contributed by atoms with Gasteiger partial charge in [-0.25, -0.2) is 17.2 Å². The number of rotatable bonds is 4. The second-order valence-electron chi connectivity index (χ2n) is 5.63. The van der Waals surface area contributed by atoms with E-state index < -0.39 is 27.2 Å². The minimum atomic E-state index is -3.70. The van der Waals surface area contributed by atoms with Gasteiger partial charge in [0.1, 0.15) is 16.4 Å². The highest BCUT2D eigenvalue weighted by molar-refractivity contribution is 7.90. The largest absolute Gasteiger partial charge is 0.357 e. The van der Waals surface area contributed by atoms with Gasteiger partial charge in [-0.3, -0.25) is 4.98 Å². The summed E-state index contributed by atoms with van der Waals surface area (Å²) in [7, 11) is -3.70. The van der Waals surface area contributed by atoms with Crippen LogP contribution >= 0.6 is 0 Å². The fraction of sp³-hybridized carbons (Fsp3) is 0.176. The van der Waals surface area contributed by atoms with Gasteiger partial charge < -0.3 is 4.52 Å². The van der Waals surface area contributed by atoms with E-state index in [4.69, 9.17) is 4.52 Å². The van der Waals surface area contributed by atoms with Gasteiger partial charge in [-0.15, -0.1) is 0 Å². The average Bonchev–Trinajstić information content (AvgIpc) is 2.97. The molecule has 0 saturated carbocycles. The lowest BCUT2D eigenvalue weighted by Crippen LogP contribution is -2.01. The number of hydrogen-bond donors (Lipinski definition) is 0. The lowest BCUT2D eigenvalue weighted by molar-refractivity contribution is 0.332. The SMILES string of the molecule is Cc1cncc(-c2noc(CF)c2-c2ccc(S(C)(=O)=O)c(F)c2)c1. The first kappa shape index (κ1) is 17.2. The molecule has 25 heavy (non-hydrogen) atoms. The number of nitrogens with zero attached hydrogens (tertiary/aromatic N) is 2. The highest BCUT2D eigenvalue weighted by Crippen LogP contribution is 2.36. The minimum Gasteiger partial charge on any atom is -0.357 e. The predicted octanol–water partition coefficient (Wildman–Crippen LogP) is 3.72. The molecule has 3 rings (SSSR count). The summed E-state index contributed by atoms with van der Waals surface area (Å²) >= 11 is 0. The van der Waals surface area contributed by atoms with Crippen LogP contribution in [0.1, 0.15) is 11.3 Å². The molecular weight excluding hydrogens is 350 g/mol. The first-order chi connectivity index (χ1) is 11.8. The van der Waals surface area contributed by atoms with Crippen molar-refractivity contribution in [3.05, 3.63) is 53.8 Å². The molecule has 3 aromatic rings. The normalized spacial score (nSPS) is 11.7. The fourth-order valence-electron chi connectivity index (χ4n) is 2.55. The fourth-order valence-corrected chi connectivity index (χ4v) is 3.28. The molecule has 1 aromatic carbocycles. The molecule has 2 aromatic heterocycles. The van der Waals surface area contributed by atoms with Crippen LogP contribution in [0.3, 0.4) is 0 Å². The molecule has 0 aliphatic carbocycles. The zero-order valence-corrected chi connectivity index (χ0v) is 14.3. The van der Waals surface area contributed by atoms with Crippen molar-refractivity contribution in [2.24, 2.45) is 0 Å². The Kier molecular flexibility index (Phi) is 4.38. The van der Waals surface area contributed by atoms with Gasteiger partial charge in [0.05, 0.1) is 5.56 Å². The second kappa shape index (κ2) is 6.36. The number of aryl methyl sites for hydroxylation is 1. The van der Waals surface area contributed by atoms with Gasteiger partial charge in [0.15, 0.2) is 22.3 Å². The first-order valence-electron chi connectivity index (χ1n) is 7.27. The summed E-state index contributed by atoms with van der Waals surface area (Å²) in [6.07, 6.45) is 4.11. The average molecular weight is 364 g/mol. The highest BCUT2D eigenvalue weighted by atomic mass is 32.2. The van der Waals surface area contributed by atoms with Crippen molar-refractivity contribution in [3.8, 4) is 22.4 Å². The molecule has 0 N–H and O–H groups in total. The Hall–Kier alpha value is -2.61. The van der Waals surface area contributed by atoms with Crippen LogP contribution in [-0.2, 0) is 16.5 Å². The number of benzene rings is 1. The van der Waals surface area contributed by atoms with E-state index in [0.717, 1.165) is 24.0 Å². The Morgan fingerprint density at radius 1 is 1.16 bits per heavy atom. The van der Waals surface area contributed by atoms with E-state index in [1.165, 1.54) is 12.3 Å². The molecule has 0 amide bonds. The van der Waals surface area contributed by atoms with E-state index in [1.807, 2.05) is 6.92 Å². The molecule has 0 atom stereocenters. The van der Waals surface area contributed by atoms with E-state index in [1.54, 1.807) is 12.3 Å². The maximum Gasteiger partial charge on any atom is 0.178 e. The van der Waals surface area contributed by atoms with E-state index in [2.05, 4.69) is 10.1 Å². The highest BCUT2D eigenvalue weighted by Gasteiger charge is 2.22. The smallest absolute Gasteiger partial charge is 0.178 e. The third kappa shape index (κ3) is 3.30. The Labute approximate surface area is 143 Å².